The van der Waals surface area contributed by atoms with Crippen molar-refractivity contribution in [3.8, 4) is 5.75 Å². The van der Waals surface area contributed by atoms with E-state index in [1.807, 2.05) is 18.2 Å². The van der Waals surface area contributed by atoms with Gasteiger partial charge in [0.25, 0.3) is 0 Å². The van der Waals surface area contributed by atoms with E-state index in [2.05, 4.69) is 4.98 Å². The Balaban J connectivity index is 1.81. The molecule has 0 saturated heterocycles. The third kappa shape index (κ3) is 5.50. The molecule has 1 saturated carbocycles. The summed E-state index contributed by atoms with van der Waals surface area (Å²) in [5, 5.41) is -0.154. The monoisotopic (exact) mass is 417 g/mol. The number of pyridine rings is 1. The third-order valence-electron chi connectivity index (χ3n) is 4.89. The first-order valence-electron chi connectivity index (χ1n) is 9.77. The first kappa shape index (κ1) is 21.2. The number of nitrogens with zero attached hydrogens (tertiary/aromatic N) is 1. The second-order valence-electron chi connectivity index (χ2n) is 6.96. The number of ether oxygens (including phenoxy) is 3. The minimum atomic E-state index is -1.59. The molecule has 29 heavy (non-hydrogen) atoms. The van der Waals surface area contributed by atoms with E-state index in [0.717, 1.165) is 19.3 Å². The second-order valence-corrected chi connectivity index (χ2v) is 7.29. The molecule has 1 atom stereocenters. The lowest BCUT2D eigenvalue weighted by Gasteiger charge is -2.36. The summed E-state index contributed by atoms with van der Waals surface area (Å²) in [6.45, 7) is 1.98. The lowest BCUT2D eigenvalue weighted by Crippen LogP contribution is -2.37. The predicted molar refractivity (Wildman–Crippen MR) is 111 cm³/mol. The minimum Gasteiger partial charge on any atom is -0.461 e. The van der Waals surface area contributed by atoms with Crippen LogP contribution in [-0.4, -0.2) is 28.5 Å². The summed E-state index contributed by atoms with van der Waals surface area (Å²) in [6, 6.07) is 12.1. The Bertz CT molecular complexity index is 822. The van der Waals surface area contributed by atoms with Crippen molar-refractivity contribution in [2.75, 3.05) is 6.61 Å². The smallest absolute Gasteiger partial charge is 0.358 e. The van der Waals surface area contributed by atoms with Crippen LogP contribution in [0.5, 0.6) is 5.75 Å². The van der Waals surface area contributed by atoms with Gasteiger partial charge in [0, 0.05) is 24.0 Å². The van der Waals surface area contributed by atoms with Crippen LogP contribution in [0, 0.1) is 0 Å². The summed E-state index contributed by atoms with van der Waals surface area (Å²) in [7, 11) is 0. The number of para-hydroxylation sites is 1. The molecular weight excluding hydrogens is 393 g/mol. The van der Waals surface area contributed by atoms with E-state index in [1.54, 1.807) is 25.1 Å². The Morgan fingerprint density at radius 3 is 2.52 bits per heavy atom. The lowest BCUT2D eigenvalue weighted by atomic mass is 9.80. The molecule has 1 unspecified atom stereocenters. The number of esters is 1. The van der Waals surface area contributed by atoms with E-state index in [1.165, 1.54) is 12.3 Å². The quantitative estimate of drug-likeness (QED) is 0.466. The van der Waals surface area contributed by atoms with Gasteiger partial charge in [0.2, 0.25) is 0 Å². The summed E-state index contributed by atoms with van der Waals surface area (Å²) in [6.07, 6.45) is 3.74. The van der Waals surface area contributed by atoms with Crippen LogP contribution in [0.2, 0.25) is 0 Å². The van der Waals surface area contributed by atoms with Crippen molar-refractivity contribution in [3.63, 3.8) is 0 Å². The van der Waals surface area contributed by atoms with Crippen molar-refractivity contribution in [3.05, 3.63) is 59.9 Å². The molecule has 1 fully saturated rings. The number of carbonyl (C=O) groups excluding carboxylic acids is 1. The number of carbonyl (C=O) groups is 1. The molecule has 7 heteroatoms. The van der Waals surface area contributed by atoms with E-state index >= 15 is 4.39 Å². The molecule has 1 aromatic carbocycles. The van der Waals surface area contributed by atoms with Crippen molar-refractivity contribution in [1.82, 2.24) is 4.98 Å². The molecule has 5 nitrogen and oxygen atoms in total. The number of hydrogen-bond acceptors (Lipinski definition) is 6. The van der Waals surface area contributed by atoms with Crippen LogP contribution >= 0.6 is 12.2 Å². The molecule has 0 radical (unpaired) electrons. The van der Waals surface area contributed by atoms with Crippen LogP contribution in [0.15, 0.2) is 48.7 Å². The average molecular weight is 418 g/mol. The first-order chi connectivity index (χ1) is 14.0. The van der Waals surface area contributed by atoms with Crippen molar-refractivity contribution in [2.45, 2.75) is 50.8 Å². The Morgan fingerprint density at radius 1 is 1.17 bits per heavy atom. The molecule has 1 aliphatic rings. The van der Waals surface area contributed by atoms with Crippen LogP contribution < -0.4 is 4.74 Å². The highest BCUT2D eigenvalue weighted by Gasteiger charge is 2.44. The topological polar surface area (TPSA) is 57.7 Å². The molecule has 0 spiro atoms. The number of thiocarbonyl (C=S) groups is 1. The molecule has 1 aliphatic carbocycles. The number of alkyl halides is 1. The first-order valence-corrected chi connectivity index (χ1v) is 10.2. The maximum atomic E-state index is 15.8. The highest BCUT2D eigenvalue weighted by Crippen LogP contribution is 2.44. The molecule has 0 N–H and O–H groups in total. The highest BCUT2D eigenvalue weighted by molar-refractivity contribution is 7.79. The largest absolute Gasteiger partial charge is 0.461 e. The van der Waals surface area contributed by atoms with Gasteiger partial charge in [0.1, 0.15) is 11.4 Å². The molecule has 1 heterocycles. The standard InChI is InChI=1S/C22H24FNO4S/c1-2-26-20(25)18-12-11-16(15-24-18)19(22(23)13-7-4-8-14-22)28-21(29)27-17-9-5-3-6-10-17/h3,5-6,9-12,15,19H,2,4,7-8,13-14H2,1H3. The van der Waals surface area contributed by atoms with E-state index in [-0.39, 0.29) is 17.5 Å². The Kier molecular flexibility index (Phi) is 7.14. The number of hydrogen-bond donors (Lipinski definition) is 0. The zero-order valence-electron chi connectivity index (χ0n) is 16.3. The number of aromatic nitrogens is 1. The van der Waals surface area contributed by atoms with Gasteiger partial charge in [-0.2, -0.15) is 0 Å². The van der Waals surface area contributed by atoms with Crippen molar-refractivity contribution in [1.29, 1.82) is 0 Å². The Morgan fingerprint density at radius 2 is 1.90 bits per heavy atom. The van der Waals surface area contributed by atoms with Crippen LogP contribution in [0.25, 0.3) is 0 Å². The van der Waals surface area contributed by atoms with Gasteiger partial charge in [-0.05, 0) is 38.0 Å². The van der Waals surface area contributed by atoms with Crippen LogP contribution in [-0.2, 0) is 9.47 Å². The van der Waals surface area contributed by atoms with Crippen molar-refractivity contribution < 1.29 is 23.4 Å². The molecule has 0 bridgehead atoms. The van der Waals surface area contributed by atoms with Crippen molar-refractivity contribution >= 4 is 23.4 Å². The van der Waals surface area contributed by atoms with E-state index in [0.29, 0.717) is 24.2 Å². The van der Waals surface area contributed by atoms with Gasteiger partial charge in [0.15, 0.2) is 11.8 Å². The molecule has 154 valence electrons. The lowest BCUT2D eigenvalue weighted by molar-refractivity contribution is -0.0350. The highest BCUT2D eigenvalue weighted by atomic mass is 32.1. The summed E-state index contributed by atoms with van der Waals surface area (Å²) >= 11 is 5.23. The zero-order valence-corrected chi connectivity index (χ0v) is 17.1. The summed E-state index contributed by atoms with van der Waals surface area (Å²) < 4.78 is 32.1. The van der Waals surface area contributed by atoms with Gasteiger partial charge in [0.05, 0.1) is 6.61 Å². The van der Waals surface area contributed by atoms with Gasteiger partial charge in [-0.15, -0.1) is 0 Å². The molecule has 0 aliphatic heterocycles. The van der Waals surface area contributed by atoms with Crippen LogP contribution in [0.3, 0.4) is 0 Å². The average Bonchev–Trinajstić information content (AvgIpc) is 2.73. The molecule has 0 amide bonds. The molecule has 2 aromatic rings. The minimum absolute atomic E-state index is 0.154. The normalized spacial score (nSPS) is 16.5. The molecule has 1 aromatic heterocycles. The number of halogens is 1. The fraction of sp³-hybridized carbons (Fsp3) is 0.409. The third-order valence-corrected chi connectivity index (χ3v) is 5.07. The van der Waals surface area contributed by atoms with Crippen LogP contribution in [0.1, 0.15) is 61.2 Å². The van der Waals surface area contributed by atoms with Gasteiger partial charge < -0.3 is 14.2 Å². The molecule has 3 rings (SSSR count). The predicted octanol–water partition coefficient (Wildman–Crippen LogP) is 5.35. The maximum absolute atomic E-state index is 15.8. The number of benzene rings is 1. The van der Waals surface area contributed by atoms with E-state index in [9.17, 15) is 4.79 Å². The SMILES string of the molecule is CCOC(=O)c1ccc(C(OC(=S)Oc2ccccc2)C2(F)CCCCC2)cn1. The summed E-state index contributed by atoms with van der Waals surface area (Å²) in [4.78, 5) is 16.0. The van der Waals surface area contributed by atoms with E-state index in [4.69, 9.17) is 26.4 Å². The van der Waals surface area contributed by atoms with Gasteiger partial charge in [-0.3, -0.25) is 0 Å². The Labute approximate surface area is 175 Å². The maximum Gasteiger partial charge on any atom is 0.358 e. The van der Waals surface area contributed by atoms with Crippen LogP contribution in [0.4, 0.5) is 4.39 Å². The summed E-state index contributed by atoms with van der Waals surface area (Å²) in [5.41, 5.74) is -0.925. The summed E-state index contributed by atoms with van der Waals surface area (Å²) in [5.74, 6) is -0.00401. The van der Waals surface area contributed by atoms with Gasteiger partial charge in [-0.25, -0.2) is 14.2 Å². The molecular formula is C22H24FNO4S. The number of rotatable bonds is 6. The van der Waals surface area contributed by atoms with Gasteiger partial charge >= 0.3 is 11.2 Å². The second kappa shape index (κ2) is 9.78. The zero-order chi connectivity index (χ0) is 20.7. The van der Waals surface area contributed by atoms with Crippen molar-refractivity contribution in [2.24, 2.45) is 0 Å². The fourth-order valence-corrected chi connectivity index (χ4v) is 3.66. The van der Waals surface area contributed by atoms with Gasteiger partial charge in [-0.1, -0.05) is 43.5 Å². The Hall–Kier alpha value is -2.54. The van der Waals surface area contributed by atoms with E-state index < -0.39 is 17.7 Å². The fourth-order valence-electron chi connectivity index (χ4n) is 3.47.